The van der Waals surface area contributed by atoms with Crippen molar-refractivity contribution in [3.8, 4) is 0 Å². The van der Waals surface area contributed by atoms with Gasteiger partial charge in [-0.15, -0.1) is 0 Å². The number of carboxylic acid groups (broad SMARTS) is 1. The van der Waals surface area contributed by atoms with Gasteiger partial charge in [-0.3, -0.25) is 9.59 Å². The summed E-state index contributed by atoms with van der Waals surface area (Å²) in [6.45, 7) is 16.7. The molecule has 8 aliphatic heterocycles. The molecule has 2 saturated carbocycles. The van der Waals surface area contributed by atoms with E-state index >= 15 is 0 Å². The average Bonchev–Trinajstić information content (AvgIpc) is 3.46. The summed E-state index contributed by atoms with van der Waals surface area (Å²) in [7, 11) is 0. The van der Waals surface area contributed by atoms with E-state index in [1.54, 1.807) is 0 Å². The fourth-order valence-corrected chi connectivity index (χ4v) is 10.4. The lowest BCUT2D eigenvalue weighted by Crippen LogP contribution is -2.69. The molecule has 10 rings (SSSR count). The largest absolute Gasteiger partial charge is 0.481 e. The Morgan fingerprint density at radius 2 is 1.22 bits per heavy atom. The Balaban J connectivity index is 0.981. The van der Waals surface area contributed by atoms with E-state index in [1.807, 2.05) is 13.8 Å². The first-order valence-electron chi connectivity index (χ1n) is 18.7. The van der Waals surface area contributed by atoms with Crippen LogP contribution in [0.5, 0.6) is 0 Å². The minimum atomic E-state index is -1.10. The van der Waals surface area contributed by atoms with E-state index in [4.69, 9.17) is 57.8 Å². The molecule has 14 nitrogen and oxygen atoms in total. The Morgan fingerprint density at radius 1 is 0.745 bits per heavy atom. The quantitative estimate of drug-likeness (QED) is 0.182. The minimum Gasteiger partial charge on any atom is -0.481 e. The van der Waals surface area contributed by atoms with Gasteiger partial charge < -0.3 is 38.3 Å². The van der Waals surface area contributed by atoms with E-state index < -0.39 is 66.0 Å². The molecule has 14 atom stereocenters. The van der Waals surface area contributed by atoms with Crippen LogP contribution in [0.3, 0.4) is 0 Å². The molecule has 8 saturated heterocycles. The Bertz CT molecular complexity index is 1330. The van der Waals surface area contributed by atoms with Crippen molar-refractivity contribution in [2.24, 2.45) is 35.5 Å². The molecule has 284 valence electrons. The lowest BCUT2D eigenvalue weighted by molar-refractivity contribution is -0.568. The van der Waals surface area contributed by atoms with Gasteiger partial charge in [0.05, 0.1) is 26.1 Å². The maximum Gasteiger partial charge on any atom is 0.306 e. The molecule has 2 aliphatic carbocycles. The molecule has 10 fully saturated rings. The highest BCUT2D eigenvalue weighted by molar-refractivity contribution is 5.76. The number of fused-ring (bicyclic) bond motifs is 4. The highest BCUT2D eigenvalue weighted by atomic mass is 17.3. The van der Waals surface area contributed by atoms with Gasteiger partial charge >= 0.3 is 11.9 Å². The van der Waals surface area contributed by atoms with Gasteiger partial charge in [0.1, 0.15) is 6.10 Å². The van der Waals surface area contributed by atoms with Gasteiger partial charge in [0.15, 0.2) is 36.4 Å². The highest BCUT2D eigenvalue weighted by Gasteiger charge is 2.70. The smallest absolute Gasteiger partial charge is 0.306 e. The third-order valence-electron chi connectivity index (χ3n) is 13.1. The van der Waals surface area contributed by atoms with E-state index in [0.717, 1.165) is 38.5 Å². The van der Waals surface area contributed by atoms with Crippen molar-refractivity contribution in [3.05, 3.63) is 24.3 Å². The third kappa shape index (κ3) is 5.92. The van der Waals surface area contributed by atoms with Crippen molar-refractivity contribution in [1.82, 2.24) is 0 Å². The highest BCUT2D eigenvalue weighted by Crippen LogP contribution is 2.62. The summed E-state index contributed by atoms with van der Waals surface area (Å²) >= 11 is 0. The molecule has 2 spiro atoms. The van der Waals surface area contributed by atoms with Crippen molar-refractivity contribution in [3.63, 3.8) is 0 Å². The summed E-state index contributed by atoms with van der Waals surface area (Å²) in [6.07, 6.45) is 1.75. The number of carbonyl (C=O) groups excluding carboxylic acids is 1. The second-order valence-corrected chi connectivity index (χ2v) is 16.5. The maximum absolute atomic E-state index is 12.8. The summed E-state index contributed by atoms with van der Waals surface area (Å²) in [5.74, 6) is -2.93. The predicted molar refractivity (Wildman–Crippen MR) is 172 cm³/mol. The summed E-state index contributed by atoms with van der Waals surface area (Å²) in [6, 6.07) is 0. The Morgan fingerprint density at radius 3 is 1.67 bits per heavy atom. The molecular formula is C37H52O14. The van der Waals surface area contributed by atoms with Crippen molar-refractivity contribution in [1.29, 1.82) is 0 Å². The summed E-state index contributed by atoms with van der Waals surface area (Å²) in [4.78, 5) is 48.2. The molecule has 8 heterocycles. The van der Waals surface area contributed by atoms with Crippen LogP contribution in [0, 0.1) is 35.5 Å². The summed E-state index contributed by atoms with van der Waals surface area (Å²) in [5, 5.41) is 9.16. The van der Waals surface area contributed by atoms with Crippen molar-refractivity contribution >= 4 is 11.9 Å². The van der Waals surface area contributed by atoms with Crippen LogP contribution in [-0.2, 0) is 62.3 Å². The van der Waals surface area contributed by atoms with Crippen LogP contribution in [0.4, 0.5) is 0 Å². The number of hydrogen-bond acceptors (Lipinski definition) is 13. The van der Waals surface area contributed by atoms with Crippen LogP contribution in [-0.4, -0.2) is 84.3 Å². The molecule has 0 radical (unpaired) electrons. The number of carbonyl (C=O) groups is 2. The molecule has 51 heavy (non-hydrogen) atoms. The Hall–Kier alpha value is -1.98. The molecule has 14 heteroatoms. The first kappa shape index (κ1) is 36.0. The molecule has 0 amide bonds. The van der Waals surface area contributed by atoms with Crippen molar-refractivity contribution in [2.45, 2.75) is 146 Å². The van der Waals surface area contributed by atoms with Gasteiger partial charge in [-0.25, -0.2) is 19.6 Å². The molecule has 10 aliphatic rings. The van der Waals surface area contributed by atoms with E-state index in [9.17, 15) is 9.59 Å². The van der Waals surface area contributed by atoms with E-state index in [-0.39, 0.29) is 49.7 Å². The molecule has 0 unspecified atom stereocenters. The number of hydrogen-bond donors (Lipinski definition) is 1. The van der Waals surface area contributed by atoms with E-state index in [0.29, 0.717) is 35.8 Å². The van der Waals surface area contributed by atoms with Crippen LogP contribution in [0.15, 0.2) is 24.3 Å². The average molecular weight is 721 g/mol. The number of aliphatic carboxylic acids is 1. The molecular weight excluding hydrogens is 668 g/mol. The second kappa shape index (κ2) is 13.1. The summed E-state index contributed by atoms with van der Waals surface area (Å²) in [5.41, 5.74) is -0.282. The van der Waals surface area contributed by atoms with Gasteiger partial charge in [0, 0.05) is 24.7 Å². The first-order chi connectivity index (χ1) is 24.3. The zero-order valence-corrected chi connectivity index (χ0v) is 30.0. The predicted octanol–water partition coefficient (Wildman–Crippen LogP) is 5.05. The van der Waals surface area contributed by atoms with E-state index in [1.165, 1.54) is 0 Å². The topological polar surface area (TPSA) is 156 Å². The molecule has 0 aromatic heterocycles. The van der Waals surface area contributed by atoms with Crippen LogP contribution < -0.4 is 0 Å². The van der Waals surface area contributed by atoms with Crippen LogP contribution in [0.2, 0.25) is 0 Å². The van der Waals surface area contributed by atoms with Crippen molar-refractivity contribution < 1.29 is 67.4 Å². The lowest BCUT2D eigenvalue weighted by Gasteiger charge is -2.59. The third-order valence-corrected chi connectivity index (χ3v) is 13.1. The normalized spacial score (nSPS) is 48.4. The summed E-state index contributed by atoms with van der Waals surface area (Å²) < 4.78 is 44.2. The number of carboxylic acids is 1. The van der Waals surface area contributed by atoms with Crippen LogP contribution in [0.25, 0.3) is 0 Å². The SMILES string of the molecule is C=C1[C@@H](OCC(CO[C@H]2O[C@@H]3O[C@]4(C)CC[C@H]5[C@H](C)CC[C@@H](C2=C)[C@@]35OO4)OC(=O)CCC(=O)O)O[C@@H]2O[C@]3(C)CC[C@H]4[C@H](C)CC[C@@H]1[C@@]24OO3. The molecule has 4 bridgehead atoms. The zero-order chi connectivity index (χ0) is 35.9. The van der Waals surface area contributed by atoms with Crippen LogP contribution >= 0.6 is 0 Å². The minimum absolute atomic E-state index is 0.134. The fraction of sp³-hybridized carbons (Fsp3) is 0.838. The van der Waals surface area contributed by atoms with Gasteiger partial charge in [-0.2, -0.15) is 0 Å². The number of rotatable bonds is 10. The number of esters is 1. The number of ether oxygens (including phenoxy) is 7. The molecule has 0 aromatic rings. The monoisotopic (exact) mass is 720 g/mol. The first-order valence-corrected chi connectivity index (χ1v) is 18.7. The second-order valence-electron chi connectivity index (χ2n) is 16.5. The zero-order valence-electron chi connectivity index (χ0n) is 30.0. The molecule has 0 aromatic carbocycles. The lowest BCUT2D eigenvalue weighted by atomic mass is 9.59. The fourth-order valence-electron chi connectivity index (χ4n) is 10.4. The Kier molecular flexibility index (Phi) is 9.25. The molecule has 1 N–H and O–H groups in total. The van der Waals surface area contributed by atoms with Crippen molar-refractivity contribution in [2.75, 3.05) is 13.2 Å². The van der Waals surface area contributed by atoms with Gasteiger partial charge in [-0.1, -0.05) is 27.0 Å². The standard InChI is InChI=1S/C37H52O14/c1-19-7-9-26-21(3)30(44-32-36(26)24(19)13-15-34(5,46-32)48-50-36)41-17-23(43-29(40)12-11-28(38)39)18-42-31-22(4)27-10-8-20(2)25-14-16-35(6)47-33(45-31)37(25,27)51-49-35/h19-20,23-27,30-33H,3-4,7-18H2,1-2,5-6H3,(H,38,39)/t19-,20-,24+,25+,26+,27+,30+,31+,32-,33-,34+,35+,36-,37-/m1/s1. The van der Waals surface area contributed by atoms with Gasteiger partial charge in [-0.05, 0) is 87.2 Å². The Labute approximate surface area is 298 Å². The maximum atomic E-state index is 12.8. The van der Waals surface area contributed by atoms with E-state index in [2.05, 4.69) is 27.0 Å². The van der Waals surface area contributed by atoms with Crippen LogP contribution in [0.1, 0.15) is 91.9 Å². The van der Waals surface area contributed by atoms with Gasteiger partial charge in [0.25, 0.3) is 0 Å². The van der Waals surface area contributed by atoms with Gasteiger partial charge in [0.2, 0.25) is 11.6 Å².